The van der Waals surface area contributed by atoms with Gasteiger partial charge in [-0.2, -0.15) is 12.6 Å². The van der Waals surface area contributed by atoms with Crippen molar-refractivity contribution in [1.29, 1.82) is 0 Å². The van der Waals surface area contributed by atoms with Crippen molar-refractivity contribution in [2.75, 3.05) is 32.2 Å². The lowest BCUT2D eigenvalue weighted by Gasteiger charge is -2.21. The Morgan fingerprint density at radius 1 is 1.07 bits per heavy atom. The van der Waals surface area contributed by atoms with Gasteiger partial charge in [-0.3, -0.25) is 0 Å². The molecule has 0 unspecified atom stereocenters. The van der Waals surface area contributed by atoms with Crippen molar-refractivity contribution < 1.29 is 9.47 Å². The van der Waals surface area contributed by atoms with Crippen LogP contribution in [0, 0.1) is 5.92 Å². The molecule has 1 aliphatic heterocycles. The molecule has 1 saturated heterocycles. The maximum atomic E-state index is 5.68. The smallest absolute Gasteiger partial charge is 0.0495 e. The maximum Gasteiger partial charge on any atom is 0.0495 e. The largest absolute Gasteiger partial charge is 0.381 e. The zero-order chi connectivity index (χ0) is 10.8. The molecule has 1 aliphatic rings. The highest BCUT2D eigenvalue weighted by Gasteiger charge is 2.13. The van der Waals surface area contributed by atoms with Crippen LogP contribution in [0.5, 0.6) is 0 Å². The molecule has 1 rings (SSSR count). The lowest BCUT2D eigenvalue weighted by molar-refractivity contribution is 0.0198. The Morgan fingerprint density at radius 3 is 2.53 bits per heavy atom. The van der Waals surface area contributed by atoms with Gasteiger partial charge >= 0.3 is 0 Å². The van der Waals surface area contributed by atoms with Gasteiger partial charge in [-0.05, 0) is 37.4 Å². The Kier molecular flexibility index (Phi) is 8.44. The Morgan fingerprint density at radius 2 is 1.80 bits per heavy atom. The fourth-order valence-corrected chi connectivity index (χ4v) is 2.06. The van der Waals surface area contributed by atoms with E-state index < -0.39 is 0 Å². The van der Waals surface area contributed by atoms with Crippen LogP contribution in [0.25, 0.3) is 0 Å². The number of rotatable bonds is 8. The lowest BCUT2D eigenvalue weighted by atomic mass is 10.0. The van der Waals surface area contributed by atoms with Crippen LogP contribution in [0.2, 0.25) is 0 Å². The van der Waals surface area contributed by atoms with E-state index >= 15 is 0 Å². The predicted octanol–water partition coefficient (Wildman–Crippen LogP) is 2.92. The Balaban J connectivity index is 1.79. The Hall–Kier alpha value is 0.270. The molecular weight excluding hydrogens is 208 g/mol. The third-order valence-corrected chi connectivity index (χ3v) is 3.21. The van der Waals surface area contributed by atoms with Crippen LogP contribution in [-0.4, -0.2) is 32.2 Å². The summed E-state index contributed by atoms with van der Waals surface area (Å²) in [6.45, 7) is 3.73. The molecule has 0 aromatic rings. The summed E-state index contributed by atoms with van der Waals surface area (Å²) in [5, 5.41) is 0. The predicted molar refractivity (Wildman–Crippen MR) is 66.7 cm³/mol. The van der Waals surface area contributed by atoms with Crippen molar-refractivity contribution >= 4 is 12.6 Å². The second-order valence-electron chi connectivity index (χ2n) is 4.27. The highest BCUT2D eigenvalue weighted by Crippen LogP contribution is 2.14. The van der Waals surface area contributed by atoms with Gasteiger partial charge in [0, 0.05) is 26.4 Å². The highest BCUT2D eigenvalue weighted by atomic mass is 32.1. The van der Waals surface area contributed by atoms with Gasteiger partial charge < -0.3 is 9.47 Å². The van der Waals surface area contributed by atoms with Gasteiger partial charge in [0.2, 0.25) is 0 Å². The van der Waals surface area contributed by atoms with Crippen molar-refractivity contribution in [2.24, 2.45) is 5.92 Å². The van der Waals surface area contributed by atoms with Crippen LogP contribution in [0.15, 0.2) is 0 Å². The summed E-state index contributed by atoms with van der Waals surface area (Å²) in [5.74, 6) is 1.76. The van der Waals surface area contributed by atoms with Crippen LogP contribution in [0.3, 0.4) is 0 Å². The van der Waals surface area contributed by atoms with Crippen LogP contribution >= 0.6 is 12.6 Å². The summed E-state index contributed by atoms with van der Waals surface area (Å²) in [6, 6.07) is 0. The van der Waals surface area contributed by atoms with Gasteiger partial charge in [0.05, 0.1) is 0 Å². The minimum absolute atomic E-state index is 0.746. The molecule has 0 bridgehead atoms. The van der Waals surface area contributed by atoms with Crippen LogP contribution in [-0.2, 0) is 9.47 Å². The zero-order valence-corrected chi connectivity index (χ0v) is 10.5. The third-order valence-electron chi connectivity index (χ3n) is 2.89. The monoisotopic (exact) mass is 232 g/mol. The molecule has 90 valence electrons. The first-order valence-corrected chi connectivity index (χ1v) is 6.83. The van der Waals surface area contributed by atoms with Gasteiger partial charge in [0.15, 0.2) is 0 Å². The third kappa shape index (κ3) is 7.20. The molecule has 0 aromatic heterocycles. The van der Waals surface area contributed by atoms with Crippen molar-refractivity contribution in [1.82, 2.24) is 0 Å². The van der Waals surface area contributed by atoms with E-state index in [1.807, 2.05) is 0 Å². The SMILES string of the molecule is SCCCCCCOCC1CCOCC1. The highest BCUT2D eigenvalue weighted by molar-refractivity contribution is 7.80. The lowest BCUT2D eigenvalue weighted by Crippen LogP contribution is -2.20. The second-order valence-corrected chi connectivity index (χ2v) is 4.72. The van der Waals surface area contributed by atoms with Crippen LogP contribution < -0.4 is 0 Å². The van der Waals surface area contributed by atoms with E-state index in [1.165, 1.54) is 38.5 Å². The molecule has 15 heavy (non-hydrogen) atoms. The summed E-state index contributed by atoms with van der Waals surface area (Å²) in [4.78, 5) is 0. The number of hydrogen-bond donors (Lipinski definition) is 1. The molecule has 1 heterocycles. The standard InChI is InChI=1S/C12H24O2S/c15-10-4-2-1-3-7-14-11-12-5-8-13-9-6-12/h12,15H,1-11H2. The average Bonchev–Trinajstić information content (AvgIpc) is 2.29. The van der Waals surface area contributed by atoms with E-state index in [0.717, 1.165) is 38.1 Å². The normalized spacial score (nSPS) is 18.2. The number of unbranched alkanes of at least 4 members (excludes halogenated alkanes) is 3. The summed E-state index contributed by atoms with van der Waals surface area (Å²) in [5.41, 5.74) is 0. The van der Waals surface area contributed by atoms with Crippen molar-refractivity contribution in [2.45, 2.75) is 38.5 Å². The maximum absolute atomic E-state index is 5.68. The molecule has 0 amide bonds. The molecular formula is C12H24O2S. The molecule has 0 radical (unpaired) electrons. The van der Waals surface area contributed by atoms with E-state index in [2.05, 4.69) is 12.6 Å². The first kappa shape index (κ1) is 13.3. The second kappa shape index (κ2) is 9.49. The molecule has 0 N–H and O–H groups in total. The molecule has 0 spiro atoms. The molecule has 0 aromatic carbocycles. The van der Waals surface area contributed by atoms with E-state index in [1.54, 1.807) is 0 Å². The van der Waals surface area contributed by atoms with Crippen molar-refractivity contribution in [3.05, 3.63) is 0 Å². The molecule has 3 heteroatoms. The molecule has 0 saturated carbocycles. The van der Waals surface area contributed by atoms with E-state index in [9.17, 15) is 0 Å². The summed E-state index contributed by atoms with van der Waals surface area (Å²) >= 11 is 4.19. The Bertz CT molecular complexity index is 136. The van der Waals surface area contributed by atoms with E-state index in [4.69, 9.17) is 9.47 Å². The first-order chi connectivity index (χ1) is 7.43. The van der Waals surface area contributed by atoms with Crippen molar-refractivity contribution in [3.8, 4) is 0 Å². The average molecular weight is 232 g/mol. The number of hydrogen-bond acceptors (Lipinski definition) is 3. The van der Waals surface area contributed by atoms with Crippen molar-refractivity contribution in [3.63, 3.8) is 0 Å². The molecule has 2 nitrogen and oxygen atoms in total. The van der Waals surface area contributed by atoms with Gasteiger partial charge in [-0.15, -0.1) is 0 Å². The molecule has 1 fully saturated rings. The first-order valence-electron chi connectivity index (χ1n) is 6.20. The molecule has 0 atom stereocenters. The van der Waals surface area contributed by atoms with Gasteiger partial charge in [-0.1, -0.05) is 12.8 Å². The van der Waals surface area contributed by atoms with E-state index in [0.29, 0.717) is 0 Å². The number of thiol groups is 1. The van der Waals surface area contributed by atoms with E-state index in [-0.39, 0.29) is 0 Å². The fourth-order valence-electron chi connectivity index (χ4n) is 1.83. The fraction of sp³-hybridized carbons (Fsp3) is 1.00. The van der Waals surface area contributed by atoms with Gasteiger partial charge in [0.25, 0.3) is 0 Å². The van der Waals surface area contributed by atoms with Gasteiger partial charge in [-0.25, -0.2) is 0 Å². The molecule has 0 aliphatic carbocycles. The van der Waals surface area contributed by atoms with Crippen LogP contribution in [0.4, 0.5) is 0 Å². The minimum atomic E-state index is 0.746. The minimum Gasteiger partial charge on any atom is -0.381 e. The summed E-state index contributed by atoms with van der Waals surface area (Å²) < 4.78 is 11.0. The quantitative estimate of drug-likeness (QED) is 0.512. The van der Waals surface area contributed by atoms with Gasteiger partial charge in [0.1, 0.15) is 0 Å². The number of ether oxygens (including phenoxy) is 2. The van der Waals surface area contributed by atoms with Crippen LogP contribution in [0.1, 0.15) is 38.5 Å². The summed E-state index contributed by atoms with van der Waals surface area (Å²) in [7, 11) is 0. The topological polar surface area (TPSA) is 18.5 Å². The Labute approximate surface area is 99.1 Å². The zero-order valence-electron chi connectivity index (χ0n) is 9.62. The summed E-state index contributed by atoms with van der Waals surface area (Å²) in [6.07, 6.45) is 7.39.